The van der Waals surface area contributed by atoms with Crippen LogP contribution in [0.3, 0.4) is 0 Å². The van der Waals surface area contributed by atoms with Gasteiger partial charge in [0.25, 0.3) is 5.91 Å². The number of benzene rings is 2. The minimum atomic E-state index is -1.71. The monoisotopic (exact) mass is 496 g/mol. The van der Waals surface area contributed by atoms with Crippen molar-refractivity contribution in [3.8, 4) is 11.1 Å². The van der Waals surface area contributed by atoms with Gasteiger partial charge in [0, 0.05) is 12.8 Å². The van der Waals surface area contributed by atoms with Crippen LogP contribution in [0.15, 0.2) is 60.7 Å². The first-order chi connectivity index (χ1) is 17.0. The van der Waals surface area contributed by atoms with Crippen LogP contribution in [0, 0.1) is 5.41 Å². The maximum Gasteiger partial charge on any atom is 0.252 e. The van der Waals surface area contributed by atoms with Crippen molar-refractivity contribution in [2.75, 3.05) is 12.4 Å². The van der Waals surface area contributed by atoms with Crippen LogP contribution in [0.25, 0.3) is 11.1 Å². The van der Waals surface area contributed by atoms with Gasteiger partial charge in [-0.25, -0.2) is 0 Å². The number of hydrogen-bond donors (Lipinski definition) is 5. The normalized spacial score (nSPS) is 19.5. The largest absolute Gasteiger partial charge is 0.387 e. The van der Waals surface area contributed by atoms with E-state index in [1.165, 1.54) is 13.2 Å². The number of ether oxygens (including phenoxy) is 1. The highest BCUT2D eigenvalue weighted by molar-refractivity contribution is 5.99. The van der Waals surface area contributed by atoms with E-state index in [1.54, 1.807) is 6.08 Å². The highest BCUT2D eigenvalue weighted by Gasteiger charge is 2.37. The Morgan fingerprint density at radius 1 is 1.08 bits per heavy atom. The first kappa shape index (κ1) is 27.5. The number of nitrogens with one attached hydrogen (secondary N) is 2. The SMILES string of the molecule is COC(C(=O)N[C@H]1CCc2cc(-c3ccccc3)ccc2NC1=O)C(O)C(O)C(O)C=CC(C)(C)C. The first-order valence-corrected chi connectivity index (χ1v) is 12.1. The quantitative estimate of drug-likeness (QED) is 0.357. The average Bonchev–Trinajstić information content (AvgIpc) is 3.00. The summed E-state index contributed by atoms with van der Waals surface area (Å²) in [6.45, 7) is 5.76. The van der Waals surface area contributed by atoms with Crippen LogP contribution < -0.4 is 10.6 Å². The van der Waals surface area contributed by atoms with E-state index in [9.17, 15) is 24.9 Å². The van der Waals surface area contributed by atoms with Gasteiger partial charge < -0.3 is 30.7 Å². The third kappa shape index (κ3) is 7.01. The molecular weight excluding hydrogens is 460 g/mol. The third-order valence-corrected chi connectivity index (χ3v) is 6.12. The summed E-state index contributed by atoms with van der Waals surface area (Å²) < 4.78 is 5.14. The molecule has 0 aliphatic carbocycles. The minimum absolute atomic E-state index is 0.240. The van der Waals surface area contributed by atoms with Crippen LogP contribution in [0.4, 0.5) is 5.69 Å². The Hall–Kier alpha value is -3.04. The van der Waals surface area contributed by atoms with E-state index >= 15 is 0 Å². The highest BCUT2D eigenvalue weighted by Crippen LogP contribution is 2.28. The Kier molecular flexibility index (Phi) is 9.03. The third-order valence-electron chi connectivity index (χ3n) is 6.12. The number of aryl methyl sites for hydroxylation is 1. The van der Waals surface area contributed by atoms with Gasteiger partial charge >= 0.3 is 0 Å². The van der Waals surface area contributed by atoms with Crippen molar-refractivity contribution in [2.24, 2.45) is 5.41 Å². The van der Waals surface area contributed by atoms with Crippen molar-refractivity contribution < 1.29 is 29.6 Å². The van der Waals surface area contributed by atoms with Gasteiger partial charge in [0.05, 0.1) is 0 Å². The number of allylic oxidation sites excluding steroid dienone is 1. The van der Waals surface area contributed by atoms with Crippen molar-refractivity contribution >= 4 is 17.5 Å². The summed E-state index contributed by atoms with van der Waals surface area (Å²) in [5.41, 5.74) is 3.49. The molecule has 0 spiro atoms. The standard InChI is InChI=1S/C28H36N2O6/c1-28(2,3)15-14-22(31)23(32)24(33)25(36-4)27(35)30-21-13-11-19-16-18(17-8-6-5-7-9-17)10-12-20(19)29-26(21)34/h5-10,12,14-16,21-25,31-33H,11,13H2,1-4H3,(H,29,34)(H,30,35)/t21-,22?,23?,24?,25?/m0/s1. The minimum Gasteiger partial charge on any atom is -0.387 e. The average molecular weight is 497 g/mol. The molecule has 1 heterocycles. The van der Waals surface area contributed by atoms with E-state index < -0.39 is 36.4 Å². The zero-order valence-corrected chi connectivity index (χ0v) is 21.1. The molecule has 4 unspecified atom stereocenters. The van der Waals surface area contributed by atoms with Gasteiger partial charge in [-0.1, -0.05) is 69.3 Å². The summed E-state index contributed by atoms with van der Waals surface area (Å²) in [4.78, 5) is 25.8. The summed E-state index contributed by atoms with van der Waals surface area (Å²) in [7, 11) is 1.21. The fourth-order valence-electron chi connectivity index (χ4n) is 4.06. The molecule has 1 aliphatic rings. The Bertz CT molecular complexity index is 1080. The Morgan fingerprint density at radius 2 is 1.78 bits per heavy atom. The molecular formula is C28H36N2O6. The maximum atomic E-state index is 12.9. The van der Waals surface area contributed by atoms with Crippen LogP contribution in [-0.2, 0) is 20.7 Å². The van der Waals surface area contributed by atoms with Crippen molar-refractivity contribution in [3.63, 3.8) is 0 Å². The topological polar surface area (TPSA) is 128 Å². The molecule has 36 heavy (non-hydrogen) atoms. The van der Waals surface area contributed by atoms with Gasteiger partial charge in [0.1, 0.15) is 24.4 Å². The van der Waals surface area contributed by atoms with Gasteiger partial charge in [-0.3, -0.25) is 9.59 Å². The van der Waals surface area contributed by atoms with Crippen molar-refractivity contribution in [1.29, 1.82) is 0 Å². The van der Waals surface area contributed by atoms with E-state index in [4.69, 9.17) is 4.74 Å². The Morgan fingerprint density at radius 3 is 2.42 bits per heavy atom. The molecule has 3 rings (SSSR count). The number of rotatable bonds is 8. The van der Waals surface area contributed by atoms with Crippen LogP contribution >= 0.6 is 0 Å². The number of carbonyl (C=O) groups is 2. The second kappa shape index (κ2) is 11.8. The van der Waals surface area contributed by atoms with Crippen LogP contribution in [0.5, 0.6) is 0 Å². The number of aliphatic hydroxyl groups excluding tert-OH is 3. The molecule has 1 aliphatic heterocycles. The van der Waals surface area contributed by atoms with E-state index in [1.807, 2.05) is 69.3 Å². The van der Waals surface area contributed by atoms with Crippen molar-refractivity contribution in [1.82, 2.24) is 5.32 Å². The predicted octanol–water partition coefficient (Wildman–Crippen LogP) is 2.42. The number of hydrogen-bond acceptors (Lipinski definition) is 6. The molecule has 2 amide bonds. The van der Waals surface area contributed by atoms with E-state index in [0.29, 0.717) is 18.5 Å². The number of carbonyl (C=O) groups excluding carboxylic acids is 2. The highest BCUT2D eigenvalue weighted by atomic mass is 16.5. The number of aliphatic hydroxyl groups is 3. The molecule has 2 aromatic carbocycles. The lowest BCUT2D eigenvalue weighted by Crippen LogP contribution is -2.55. The van der Waals surface area contributed by atoms with Crippen LogP contribution in [0.2, 0.25) is 0 Å². The van der Waals surface area contributed by atoms with Gasteiger partial charge in [-0.05, 0) is 47.1 Å². The van der Waals surface area contributed by atoms with Crippen LogP contribution in [0.1, 0.15) is 32.8 Å². The van der Waals surface area contributed by atoms with Gasteiger partial charge in [-0.15, -0.1) is 0 Å². The number of fused-ring (bicyclic) bond motifs is 1. The summed E-state index contributed by atoms with van der Waals surface area (Å²) in [6.07, 6.45) is -2.31. The molecule has 0 bridgehead atoms. The lowest BCUT2D eigenvalue weighted by Gasteiger charge is -2.28. The molecule has 194 valence electrons. The molecule has 0 saturated carbocycles. The van der Waals surface area contributed by atoms with Crippen LogP contribution in [-0.4, -0.2) is 64.7 Å². The second-order valence-electron chi connectivity index (χ2n) is 10.2. The summed E-state index contributed by atoms with van der Waals surface area (Å²) in [6, 6.07) is 14.9. The molecule has 0 saturated heterocycles. The zero-order chi connectivity index (χ0) is 26.5. The Labute approximate surface area is 212 Å². The van der Waals surface area contributed by atoms with E-state index in [2.05, 4.69) is 10.6 Å². The smallest absolute Gasteiger partial charge is 0.252 e. The summed E-state index contributed by atoms with van der Waals surface area (Å²) >= 11 is 0. The summed E-state index contributed by atoms with van der Waals surface area (Å²) in [5, 5.41) is 36.7. The number of anilines is 1. The first-order valence-electron chi connectivity index (χ1n) is 12.1. The fourth-order valence-corrected chi connectivity index (χ4v) is 4.06. The molecule has 8 heteroatoms. The lowest BCUT2D eigenvalue weighted by molar-refractivity contribution is -0.150. The van der Waals surface area contributed by atoms with E-state index in [-0.39, 0.29) is 11.3 Å². The predicted molar refractivity (Wildman–Crippen MR) is 138 cm³/mol. The van der Waals surface area contributed by atoms with Crippen molar-refractivity contribution in [3.05, 3.63) is 66.2 Å². The molecule has 5 N–H and O–H groups in total. The second-order valence-corrected chi connectivity index (χ2v) is 10.2. The maximum absolute atomic E-state index is 12.9. The molecule has 2 aromatic rings. The van der Waals surface area contributed by atoms with E-state index in [0.717, 1.165) is 16.7 Å². The van der Waals surface area contributed by atoms with Gasteiger partial charge in [0.15, 0.2) is 6.10 Å². The Balaban J connectivity index is 1.67. The number of amides is 2. The zero-order valence-electron chi connectivity index (χ0n) is 21.1. The molecule has 0 radical (unpaired) electrons. The molecule has 0 aromatic heterocycles. The van der Waals surface area contributed by atoms with Gasteiger partial charge in [0.2, 0.25) is 5.91 Å². The molecule has 8 nitrogen and oxygen atoms in total. The van der Waals surface area contributed by atoms with Crippen molar-refractivity contribution in [2.45, 2.75) is 64.1 Å². The molecule has 5 atom stereocenters. The molecule has 0 fully saturated rings. The fraction of sp³-hybridized carbons (Fsp3) is 0.429. The summed E-state index contributed by atoms with van der Waals surface area (Å²) in [5.74, 6) is -1.14. The number of methoxy groups -OCH3 is 1. The van der Waals surface area contributed by atoms with Gasteiger partial charge in [-0.2, -0.15) is 0 Å². The lowest BCUT2D eigenvalue weighted by atomic mass is 9.94.